The van der Waals surface area contributed by atoms with Gasteiger partial charge in [-0.15, -0.1) is 0 Å². The molecule has 0 aliphatic rings. The van der Waals surface area contributed by atoms with Gasteiger partial charge in [0.15, 0.2) is 6.10 Å². The van der Waals surface area contributed by atoms with Crippen LogP contribution in [-0.2, 0) is 23.8 Å². The molecule has 0 aliphatic carbocycles. The van der Waals surface area contributed by atoms with E-state index in [0.717, 1.165) is 57.8 Å². The molecule has 0 aromatic rings. The summed E-state index contributed by atoms with van der Waals surface area (Å²) < 4.78 is 17.4. The first-order valence-electron chi connectivity index (χ1n) is 24.9. The summed E-state index contributed by atoms with van der Waals surface area (Å²) in [5.74, 6) is -0.405. The Bertz CT molecular complexity index is 851. The molecule has 0 saturated heterocycles. The van der Waals surface area contributed by atoms with Gasteiger partial charge < -0.3 is 14.2 Å². The molecule has 0 heterocycles. The van der Waals surface area contributed by atoms with Crippen LogP contribution in [0.4, 0.5) is 0 Å². The van der Waals surface area contributed by atoms with Gasteiger partial charge in [-0.1, -0.05) is 212 Å². The molecule has 1 unspecified atom stereocenters. The second kappa shape index (κ2) is 47.8. The van der Waals surface area contributed by atoms with Gasteiger partial charge in [0, 0.05) is 19.4 Å². The summed E-state index contributed by atoms with van der Waals surface area (Å²) in [6.45, 7) is 7.81. The largest absolute Gasteiger partial charge is 0.462 e. The molecule has 0 spiro atoms. The smallest absolute Gasteiger partial charge is 0.306 e. The van der Waals surface area contributed by atoms with Gasteiger partial charge in [0.2, 0.25) is 0 Å². The third-order valence-electron chi connectivity index (χ3n) is 11.0. The van der Waals surface area contributed by atoms with Gasteiger partial charge >= 0.3 is 11.9 Å². The quantitative estimate of drug-likeness (QED) is 0.0349. The zero-order valence-electron chi connectivity index (χ0n) is 37.9. The van der Waals surface area contributed by atoms with E-state index in [1.54, 1.807) is 0 Å². The predicted molar refractivity (Wildman–Crippen MR) is 242 cm³/mol. The van der Waals surface area contributed by atoms with E-state index in [-0.39, 0.29) is 25.2 Å². The average molecular weight is 789 g/mol. The van der Waals surface area contributed by atoms with Gasteiger partial charge in [0.1, 0.15) is 6.61 Å². The second-order valence-corrected chi connectivity index (χ2v) is 16.7. The number of ether oxygens (including phenoxy) is 3. The summed E-state index contributed by atoms with van der Waals surface area (Å²) >= 11 is 0. The van der Waals surface area contributed by atoms with Crippen molar-refractivity contribution in [3.63, 3.8) is 0 Å². The number of hydrogen-bond acceptors (Lipinski definition) is 5. The van der Waals surface area contributed by atoms with Crippen molar-refractivity contribution in [2.45, 2.75) is 271 Å². The van der Waals surface area contributed by atoms with Crippen molar-refractivity contribution in [3.05, 3.63) is 24.3 Å². The Labute approximate surface area is 349 Å². The van der Waals surface area contributed by atoms with Crippen LogP contribution in [0.1, 0.15) is 265 Å². The Morgan fingerprint density at radius 3 is 1.14 bits per heavy atom. The third kappa shape index (κ3) is 45.1. The first kappa shape index (κ1) is 54.4. The molecular formula is C51H96O5. The van der Waals surface area contributed by atoms with E-state index in [0.29, 0.717) is 19.4 Å². The average Bonchev–Trinajstić information content (AvgIpc) is 3.20. The molecule has 0 aromatic carbocycles. The second-order valence-electron chi connectivity index (χ2n) is 16.7. The molecule has 0 radical (unpaired) electrons. The molecule has 0 aromatic heterocycles. The fraction of sp³-hybridized carbons (Fsp3) is 0.882. The van der Waals surface area contributed by atoms with Gasteiger partial charge in [-0.3, -0.25) is 9.59 Å². The number of carbonyl (C=O) groups is 2. The molecule has 0 bridgehead atoms. The minimum absolute atomic E-state index is 0.0835. The zero-order chi connectivity index (χ0) is 40.7. The molecule has 0 amide bonds. The molecule has 0 N–H and O–H groups in total. The van der Waals surface area contributed by atoms with Gasteiger partial charge in [-0.05, 0) is 64.2 Å². The highest BCUT2D eigenvalue weighted by molar-refractivity contribution is 5.70. The highest BCUT2D eigenvalue weighted by Gasteiger charge is 2.17. The molecule has 1 atom stereocenters. The van der Waals surface area contributed by atoms with Gasteiger partial charge in [0.25, 0.3) is 0 Å². The topological polar surface area (TPSA) is 61.8 Å². The van der Waals surface area contributed by atoms with Gasteiger partial charge in [0.05, 0.1) is 6.61 Å². The van der Waals surface area contributed by atoms with Crippen molar-refractivity contribution in [1.29, 1.82) is 0 Å². The molecule has 56 heavy (non-hydrogen) atoms. The van der Waals surface area contributed by atoms with E-state index in [1.807, 2.05) is 0 Å². The summed E-state index contributed by atoms with van der Waals surface area (Å²) in [6, 6.07) is 0. The van der Waals surface area contributed by atoms with Crippen LogP contribution < -0.4 is 0 Å². The van der Waals surface area contributed by atoms with Crippen LogP contribution in [0.2, 0.25) is 0 Å². The standard InChI is InChI=1S/C51H96O5/c1-4-7-10-13-16-19-22-24-26-27-30-32-35-38-41-44-50(52)55-48-49(56-51(53)45-42-39-36-33-29-21-18-15-12-9-6-3)47-54-46-43-40-37-34-31-28-25-23-20-17-14-11-8-5-2/h15,18,24,26,49H,4-14,16-17,19-23,25,27-48H2,1-3H3/b18-15-,26-24-. The highest BCUT2D eigenvalue weighted by atomic mass is 16.6. The maximum Gasteiger partial charge on any atom is 0.306 e. The summed E-state index contributed by atoms with van der Waals surface area (Å²) in [5, 5.41) is 0. The van der Waals surface area contributed by atoms with Crippen LogP contribution in [0.25, 0.3) is 0 Å². The van der Waals surface area contributed by atoms with E-state index in [1.165, 1.54) is 173 Å². The van der Waals surface area contributed by atoms with Crippen molar-refractivity contribution >= 4 is 11.9 Å². The minimum Gasteiger partial charge on any atom is -0.462 e. The van der Waals surface area contributed by atoms with E-state index in [9.17, 15) is 9.59 Å². The summed E-state index contributed by atoms with van der Waals surface area (Å²) in [6.07, 6.45) is 54.6. The summed E-state index contributed by atoms with van der Waals surface area (Å²) in [5.41, 5.74) is 0. The number of unbranched alkanes of at least 4 members (excludes halogenated alkanes) is 31. The first-order valence-corrected chi connectivity index (χ1v) is 24.9. The SMILES string of the molecule is CCCC/C=C\CCCCCCCC(=O)OC(COCCCCCCCCCCCCCCCC)COC(=O)CCCCCCC/C=C\CCCCCCCC. The maximum absolute atomic E-state index is 12.7. The van der Waals surface area contributed by atoms with Crippen LogP contribution in [0.5, 0.6) is 0 Å². The van der Waals surface area contributed by atoms with Crippen molar-refractivity contribution in [2.75, 3.05) is 19.8 Å². The van der Waals surface area contributed by atoms with Crippen LogP contribution in [0, 0.1) is 0 Å². The molecule has 5 heteroatoms. The minimum atomic E-state index is -0.535. The Balaban J connectivity index is 4.22. The number of carbonyl (C=O) groups excluding carboxylic acids is 2. The van der Waals surface area contributed by atoms with E-state index >= 15 is 0 Å². The monoisotopic (exact) mass is 789 g/mol. The summed E-state index contributed by atoms with van der Waals surface area (Å²) in [7, 11) is 0. The molecule has 0 fully saturated rings. The number of hydrogen-bond donors (Lipinski definition) is 0. The molecule has 0 saturated carbocycles. The fourth-order valence-electron chi connectivity index (χ4n) is 7.19. The normalized spacial score (nSPS) is 12.3. The molecule has 5 nitrogen and oxygen atoms in total. The summed E-state index contributed by atoms with van der Waals surface area (Å²) in [4.78, 5) is 25.3. The Kier molecular flexibility index (Phi) is 46.4. The van der Waals surface area contributed by atoms with Gasteiger partial charge in [-0.25, -0.2) is 0 Å². The van der Waals surface area contributed by atoms with E-state index in [2.05, 4.69) is 45.1 Å². The lowest BCUT2D eigenvalue weighted by molar-refractivity contribution is -0.163. The number of esters is 2. The van der Waals surface area contributed by atoms with Crippen LogP contribution >= 0.6 is 0 Å². The molecule has 330 valence electrons. The van der Waals surface area contributed by atoms with Crippen molar-refractivity contribution in [3.8, 4) is 0 Å². The fourth-order valence-corrected chi connectivity index (χ4v) is 7.19. The molecule has 0 rings (SSSR count). The Morgan fingerprint density at radius 1 is 0.375 bits per heavy atom. The zero-order valence-corrected chi connectivity index (χ0v) is 37.9. The predicted octanol–water partition coefficient (Wildman–Crippen LogP) is 16.5. The molecule has 0 aliphatic heterocycles. The molecular weight excluding hydrogens is 693 g/mol. The maximum atomic E-state index is 12.7. The number of allylic oxidation sites excluding steroid dienone is 4. The van der Waals surface area contributed by atoms with Crippen molar-refractivity contribution < 1.29 is 23.8 Å². The van der Waals surface area contributed by atoms with Gasteiger partial charge in [-0.2, -0.15) is 0 Å². The van der Waals surface area contributed by atoms with E-state index in [4.69, 9.17) is 14.2 Å². The Hall–Kier alpha value is -1.62. The number of rotatable bonds is 46. The third-order valence-corrected chi connectivity index (χ3v) is 11.0. The lowest BCUT2D eigenvalue weighted by atomic mass is 10.0. The lowest BCUT2D eigenvalue weighted by Gasteiger charge is -2.18. The first-order chi connectivity index (χ1) is 27.6. The Morgan fingerprint density at radius 2 is 0.714 bits per heavy atom. The van der Waals surface area contributed by atoms with Crippen LogP contribution in [-0.4, -0.2) is 37.9 Å². The van der Waals surface area contributed by atoms with Crippen molar-refractivity contribution in [1.82, 2.24) is 0 Å². The van der Waals surface area contributed by atoms with Crippen molar-refractivity contribution in [2.24, 2.45) is 0 Å². The van der Waals surface area contributed by atoms with Crippen LogP contribution in [0.3, 0.4) is 0 Å². The highest BCUT2D eigenvalue weighted by Crippen LogP contribution is 2.15. The lowest BCUT2D eigenvalue weighted by Crippen LogP contribution is -2.30. The van der Waals surface area contributed by atoms with Crippen LogP contribution in [0.15, 0.2) is 24.3 Å². The van der Waals surface area contributed by atoms with E-state index < -0.39 is 6.10 Å².